The van der Waals surface area contributed by atoms with Gasteiger partial charge in [-0.3, -0.25) is 0 Å². The average molecular weight is 246 g/mol. The fourth-order valence-electron chi connectivity index (χ4n) is 1.96. The minimum atomic E-state index is -0.818. The molecule has 3 rings (SSSR count). The van der Waals surface area contributed by atoms with Gasteiger partial charge in [-0.05, 0) is 28.8 Å². The topological polar surface area (TPSA) is 12.5 Å². The third-order valence-corrected chi connectivity index (χ3v) is 3.07. The van der Waals surface area contributed by atoms with Crippen LogP contribution in [0.15, 0.2) is 42.5 Å². The monoisotopic (exact) mass is 246 g/mol. The Morgan fingerprint density at radius 3 is 2.22 bits per heavy atom. The first-order valence-corrected chi connectivity index (χ1v) is 5.88. The molecule has 0 radical (unpaired) electrons. The van der Waals surface area contributed by atoms with Crippen LogP contribution < -0.4 is 0 Å². The molecular weight excluding hydrogens is 234 g/mol. The van der Waals surface area contributed by atoms with Crippen molar-refractivity contribution in [3.8, 4) is 11.1 Å². The molecule has 1 aliphatic rings. The summed E-state index contributed by atoms with van der Waals surface area (Å²) in [6, 6.07) is 11.8. The molecule has 2 aromatic rings. The van der Waals surface area contributed by atoms with Crippen LogP contribution in [0.2, 0.25) is 0 Å². The maximum atomic E-state index is 13.1. The van der Waals surface area contributed by atoms with Gasteiger partial charge in [-0.2, -0.15) is 0 Å². The summed E-state index contributed by atoms with van der Waals surface area (Å²) >= 11 is 0. The van der Waals surface area contributed by atoms with Crippen molar-refractivity contribution in [1.82, 2.24) is 0 Å². The number of halogens is 2. The van der Waals surface area contributed by atoms with E-state index >= 15 is 0 Å². The molecule has 1 atom stereocenters. The van der Waals surface area contributed by atoms with Crippen molar-refractivity contribution in [3.63, 3.8) is 0 Å². The van der Waals surface area contributed by atoms with Gasteiger partial charge in [0.1, 0.15) is 0 Å². The Hall–Kier alpha value is -1.74. The van der Waals surface area contributed by atoms with Crippen molar-refractivity contribution >= 4 is 0 Å². The molecule has 1 unspecified atom stereocenters. The molecule has 0 saturated carbocycles. The van der Waals surface area contributed by atoms with E-state index in [0.29, 0.717) is 11.7 Å². The summed E-state index contributed by atoms with van der Waals surface area (Å²) in [6.07, 6.45) is 1.28. The van der Waals surface area contributed by atoms with E-state index in [4.69, 9.17) is 4.74 Å². The van der Waals surface area contributed by atoms with Crippen LogP contribution in [-0.4, -0.2) is 12.7 Å². The van der Waals surface area contributed by atoms with Crippen molar-refractivity contribution in [2.75, 3.05) is 6.61 Å². The maximum absolute atomic E-state index is 13.1. The molecule has 0 amide bonds. The molecule has 0 bridgehead atoms. The largest absolute Gasteiger partial charge is 0.373 e. The van der Waals surface area contributed by atoms with Crippen LogP contribution >= 0.6 is 0 Å². The van der Waals surface area contributed by atoms with Gasteiger partial charge < -0.3 is 4.74 Å². The minimum absolute atomic E-state index is 0.360. The molecule has 1 nitrogen and oxygen atoms in total. The van der Waals surface area contributed by atoms with E-state index < -0.39 is 11.6 Å². The highest BCUT2D eigenvalue weighted by molar-refractivity contribution is 5.63. The fraction of sp³-hybridized carbons (Fsp3) is 0.200. The Morgan fingerprint density at radius 2 is 1.61 bits per heavy atom. The molecule has 3 heteroatoms. The highest BCUT2D eigenvalue weighted by atomic mass is 19.2. The number of hydrogen-bond donors (Lipinski definition) is 0. The van der Waals surface area contributed by atoms with E-state index in [-0.39, 0.29) is 0 Å². The minimum Gasteiger partial charge on any atom is -0.373 e. The first kappa shape index (κ1) is 11.4. The second-order valence-corrected chi connectivity index (χ2v) is 4.49. The van der Waals surface area contributed by atoms with Crippen LogP contribution in [0.1, 0.15) is 5.56 Å². The second-order valence-electron chi connectivity index (χ2n) is 4.49. The lowest BCUT2D eigenvalue weighted by Crippen LogP contribution is -1.92. The molecule has 92 valence electrons. The molecule has 0 spiro atoms. The van der Waals surface area contributed by atoms with Crippen molar-refractivity contribution in [3.05, 3.63) is 59.7 Å². The van der Waals surface area contributed by atoms with Crippen molar-refractivity contribution in [2.45, 2.75) is 12.5 Å². The second kappa shape index (κ2) is 4.50. The molecule has 1 saturated heterocycles. The third kappa shape index (κ3) is 2.41. The summed E-state index contributed by atoms with van der Waals surface area (Å²) in [5.74, 6) is -1.63. The van der Waals surface area contributed by atoms with Gasteiger partial charge in [-0.25, -0.2) is 8.78 Å². The van der Waals surface area contributed by atoms with Crippen molar-refractivity contribution in [2.24, 2.45) is 0 Å². The standard InChI is InChI=1S/C15H12F2O/c16-14-6-5-12(8-15(14)17)11-3-1-10(2-4-11)7-13-9-18-13/h1-6,8,13H,7,9H2. The smallest absolute Gasteiger partial charge is 0.159 e. The van der Waals surface area contributed by atoms with E-state index in [1.165, 1.54) is 11.6 Å². The Bertz CT molecular complexity index is 559. The third-order valence-electron chi connectivity index (χ3n) is 3.07. The molecule has 1 aliphatic heterocycles. The van der Waals surface area contributed by atoms with Crippen molar-refractivity contribution < 1.29 is 13.5 Å². The van der Waals surface area contributed by atoms with Gasteiger partial charge in [0.05, 0.1) is 12.7 Å². The molecule has 0 aromatic heterocycles. The first-order chi connectivity index (χ1) is 8.72. The van der Waals surface area contributed by atoms with Gasteiger partial charge in [0.15, 0.2) is 11.6 Å². The molecule has 1 fully saturated rings. The molecule has 1 heterocycles. The highest BCUT2D eigenvalue weighted by Gasteiger charge is 2.22. The average Bonchev–Trinajstić information content (AvgIpc) is 3.18. The SMILES string of the molecule is Fc1ccc(-c2ccc(CC3CO3)cc2)cc1F. The summed E-state index contributed by atoms with van der Waals surface area (Å²) in [7, 11) is 0. The van der Waals surface area contributed by atoms with E-state index in [2.05, 4.69) is 0 Å². The Labute approximate surface area is 104 Å². The van der Waals surface area contributed by atoms with Gasteiger partial charge in [0.2, 0.25) is 0 Å². The van der Waals surface area contributed by atoms with Crippen molar-refractivity contribution in [1.29, 1.82) is 0 Å². The van der Waals surface area contributed by atoms with Crippen LogP contribution in [0.25, 0.3) is 11.1 Å². The molecule has 18 heavy (non-hydrogen) atoms. The van der Waals surface area contributed by atoms with Gasteiger partial charge in [-0.1, -0.05) is 30.3 Å². The Kier molecular flexibility index (Phi) is 2.84. The Morgan fingerprint density at radius 1 is 0.944 bits per heavy atom. The fourth-order valence-corrected chi connectivity index (χ4v) is 1.96. The van der Waals surface area contributed by atoms with Crippen LogP contribution in [0.5, 0.6) is 0 Å². The summed E-state index contributed by atoms with van der Waals surface area (Å²) in [4.78, 5) is 0. The number of rotatable bonds is 3. The van der Waals surface area contributed by atoms with E-state index in [9.17, 15) is 8.78 Å². The predicted molar refractivity (Wildman–Crippen MR) is 65.2 cm³/mol. The van der Waals surface area contributed by atoms with Gasteiger partial charge in [0, 0.05) is 6.42 Å². The lowest BCUT2D eigenvalue weighted by atomic mass is 10.0. The lowest BCUT2D eigenvalue weighted by molar-refractivity contribution is 0.407. The van der Waals surface area contributed by atoms with E-state index in [1.54, 1.807) is 6.07 Å². The lowest BCUT2D eigenvalue weighted by Gasteiger charge is -2.04. The molecule has 0 aliphatic carbocycles. The quantitative estimate of drug-likeness (QED) is 0.754. The summed E-state index contributed by atoms with van der Waals surface area (Å²) in [5, 5.41) is 0. The summed E-state index contributed by atoms with van der Waals surface area (Å²) in [6.45, 7) is 0.838. The number of epoxide rings is 1. The van der Waals surface area contributed by atoms with Crippen LogP contribution in [-0.2, 0) is 11.2 Å². The predicted octanol–water partition coefficient (Wildman–Crippen LogP) is 3.57. The number of ether oxygens (including phenoxy) is 1. The molecular formula is C15H12F2O. The van der Waals surface area contributed by atoms with Gasteiger partial charge >= 0.3 is 0 Å². The normalized spacial score (nSPS) is 17.8. The summed E-state index contributed by atoms with van der Waals surface area (Å²) < 4.78 is 31.1. The van der Waals surface area contributed by atoms with Gasteiger partial charge in [0.25, 0.3) is 0 Å². The maximum Gasteiger partial charge on any atom is 0.159 e. The molecule has 0 N–H and O–H groups in total. The zero-order valence-corrected chi connectivity index (χ0v) is 9.70. The summed E-state index contributed by atoms with van der Waals surface area (Å²) in [5.41, 5.74) is 2.77. The zero-order valence-electron chi connectivity index (χ0n) is 9.70. The van der Waals surface area contributed by atoms with Crippen LogP contribution in [0.4, 0.5) is 8.78 Å². The number of hydrogen-bond acceptors (Lipinski definition) is 1. The van der Waals surface area contributed by atoms with Gasteiger partial charge in [-0.15, -0.1) is 0 Å². The highest BCUT2D eigenvalue weighted by Crippen LogP contribution is 2.23. The zero-order chi connectivity index (χ0) is 12.5. The van der Waals surface area contributed by atoms with Crippen LogP contribution in [0.3, 0.4) is 0 Å². The number of benzene rings is 2. The Balaban J connectivity index is 1.84. The molecule has 2 aromatic carbocycles. The van der Waals surface area contributed by atoms with E-state index in [0.717, 1.165) is 24.7 Å². The first-order valence-electron chi connectivity index (χ1n) is 5.88. The van der Waals surface area contributed by atoms with Crippen LogP contribution in [0, 0.1) is 11.6 Å². The van der Waals surface area contributed by atoms with E-state index in [1.807, 2.05) is 24.3 Å².